The van der Waals surface area contributed by atoms with Crippen LogP contribution in [0.3, 0.4) is 0 Å². The highest BCUT2D eigenvalue weighted by atomic mass is 16.5. The molecule has 2 nitrogen and oxygen atoms in total. The summed E-state index contributed by atoms with van der Waals surface area (Å²) < 4.78 is 5.39. The van der Waals surface area contributed by atoms with Gasteiger partial charge in [-0.05, 0) is 56.5 Å². The minimum absolute atomic E-state index is 0.869. The molecule has 2 heteroatoms. The molecule has 2 atom stereocenters. The first-order valence-corrected chi connectivity index (χ1v) is 7.63. The average molecular weight is 239 g/mol. The monoisotopic (exact) mass is 239 g/mol. The lowest BCUT2D eigenvalue weighted by molar-refractivity contribution is 0.0662. The van der Waals surface area contributed by atoms with Gasteiger partial charge in [0, 0.05) is 13.2 Å². The Hall–Kier alpha value is -0.0800. The van der Waals surface area contributed by atoms with Gasteiger partial charge in [0.2, 0.25) is 0 Å². The molecule has 2 aliphatic rings. The highest BCUT2D eigenvalue weighted by Gasteiger charge is 2.18. The molecule has 17 heavy (non-hydrogen) atoms. The van der Waals surface area contributed by atoms with Gasteiger partial charge in [-0.15, -0.1) is 0 Å². The molecule has 0 aromatic rings. The lowest BCUT2D eigenvalue weighted by Gasteiger charge is -2.27. The third-order valence-electron chi connectivity index (χ3n) is 4.55. The summed E-state index contributed by atoms with van der Waals surface area (Å²) in [4.78, 5) is 0. The van der Waals surface area contributed by atoms with Crippen LogP contribution in [-0.2, 0) is 4.74 Å². The van der Waals surface area contributed by atoms with Crippen molar-refractivity contribution in [3.8, 4) is 0 Å². The summed E-state index contributed by atoms with van der Waals surface area (Å²) in [6.07, 6.45) is 9.79. The van der Waals surface area contributed by atoms with Crippen molar-refractivity contribution in [3.63, 3.8) is 0 Å². The van der Waals surface area contributed by atoms with Gasteiger partial charge in [0.25, 0.3) is 0 Å². The Morgan fingerprint density at radius 3 is 2.65 bits per heavy atom. The molecule has 0 bridgehead atoms. The van der Waals surface area contributed by atoms with E-state index in [-0.39, 0.29) is 0 Å². The van der Waals surface area contributed by atoms with Crippen molar-refractivity contribution in [2.45, 2.75) is 51.9 Å². The second-order valence-electron chi connectivity index (χ2n) is 6.19. The van der Waals surface area contributed by atoms with E-state index < -0.39 is 0 Å². The van der Waals surface area contributed by atoms with Gasteiger partial charge in [0.1, 0.15) is 0 Å². The smallest absolute Gasteiger partial charge is 0.0469 e. The number of nitrogens with one attached hydrogen (secondary N) is 1. The first-order chi connectivity index (χ1) is 8.34. The van der Waals surface area contributed by atoms with Crippen molar-refractivity contribution in [1.29, 1.82) is 0 Å². The van der Waals surface area contributed by atoms with Crippen LogP contribution in [0.25, 0.3) is 0 Å². The standard InChI is InChI=1S/C15H29NO/c1-13-3-2-4-14(11-13)5-8-16-12-15-6-9-17-10-7-15/h13-16H,2-12H2,1H3. The topological polar surface area (TPSA) is 21.3 Å². The molecule has 0 aromatic heterocycles. The normalized spacial score (nSPS) is 31.6. The van der Waals surface area contributed by atoms with Crippen molar-refractivity contribution in [2.24, 2.45) is 17.8 Å². The number of ether oxygens (including phenoxy) is 1. The van der Waals surface area contributed by atoms with Crippen LogP contribution in [0.1, 0.15) is 51.9 Å². The van der Waals surface area contributed by atoms with Crippen LogP contribution in [0, 0.1) is 17.8 Å². The van der Waals surface area contributed by atoms with Gasteiger partial charge in [0.15, 0.2) is 0 Å². The van der Waals surface area contributed by atoms with Gasteiger partial charge in [-0.25, -0.2) is 0 Å². The summed E-state index contributed by atoms with van der Waals surface area (Å²) in [6, 6.07) is 0. The summed E-state index contributed by atoms with van der Waals surface area (Å²) in [5, 5.41) is 3.66. The summed E-state index contributed by atoms with van der Waals surface area (Å²) >= 11 is 0. The maximum atomic E-state index is 5.39. The van der Waals surface area contributed by atoms with E-state index in [1.807, 2.05) is 0 Å². The molecule has 0 radical (unpaired) electrons. The molecule has 0 spiro atoms. The molecular weight excluding hydrogens is 210 g/mol. The fourth-order valence-electron chi connectivity index (χ4n) is 3.38. The van der Waals surface area contributed by atoms with E-state index in [4.69, 9.17) is 4.74 Å². The van der Waals surface area contributed by atoms with E-state index in [0.29, 0.717) is 0 Å². The Bertz CT molecular complexity index is 201. The molecule has 2 unspecified atom stereocenters. The predicted octanol–water partition coefficient (Wildman–Crippen LogP) is 3.22. The van der Waals surface area contributed by atoms with E-state index in [0.717, 1.165) is 31.0 Å². The summed E-state index contributed by atoms with van der Waals surface area (Å²) in [5.74, 6) is 2.85. The first kappa shape index (κ1) is 13.4. The van der Waals surface area contributed by atoms with E-state index in [1.54, 1.807) is 0 Å². The van der Waals surface area contributed by atoms with Crippen LogP contribution in [0.2, 0.25) is 0 Å². The zero-order valence-electron chi connectivity index (χ0n) is 11.4. The molecule has 1 N–H and O–H groups in total. The van der Waals surface area contributed by atoms with E-state index in [9.17, 15) is 0 Å². The molecule has 0 amide bonds. The van der Waals surface area contributed by atoms with Gasteiger partial charge in [-0.2, -0.15) is 0 Å². The van der Waals surface area contributed by atoms with E-state index in [2.05, 4.69) is 12.2 Å². The zero-order valence-corrected chi connectivity index (χ0v) is 11.4. The molecule has 1 saturated carbocycles. The second kappa shape index (κ2) is 7.38. The minimum atomic E-state index is 0.869. The van der Waals surface area contributed by atoms with Crippen molar-refractivity contribution in [3.05, 3.63) is 0 Å². The highest BCUT2D eigenvalue weighted by Crippen LogP contribution is 2.30. The van der Waals surface area contributed by atoms with Gasteiger partial charge >= 0.3 is 0 Å². The Balaban J connectivity index is 1.50. The largest absolute Gasteiger partial charge is 0.381 e. The van der Waals surface area contributed by atoms with Crippen molar-refractivity contribution < 1.29 is 4.74 Å². The summed E-state index contributed by atoms with van der Waals surface area (Å²) in [6.45, 7) is 6.82. The molecule has 1 heterocycles. The minimum Gasteiger partial charge on any atom is -0.381 e. The quantitative estimate of drug-likeness (QED) is 0.744. The molecule has 2 rings (SSSR count). The van der Waals surface area contributed by atoms with E-state index in [1.165, 1.54) is 58.0 Å². The fourth-order valence-corrected chi connectivity index (χ4v) is 3.38. The van der Waals surface area contributed by atoms with E-state index >= 15 is 0 Å². The predicted molar refractivity (Wildman–Crippen MR) is 72.2 cm³/mol. The Kier molecular flexibility index (Phi) is 5.79. The Morgan fingerprint density at radius 2 is 1.88 bits per heavy atom. The number of hydrogen-bond donors (Lipinski definition) is 1. The lowest BCUT2D eigenvalue weighted by Crippen LogP contribution is -2.29. The van der Waals surface area contributed by atoms with Crippen molar-refractivity contribution >= 4 is 0 Å². The summed E-state index contributed by atoms with van der Waals surface area (Å²) in [7, 11) is 0. The summed E-state index contributed by atoms with van der Waals surface area (Å²) in [5.41, 5.74) is 0. The van der Waals surface area contributed by atoms with Crippen LogP contribution in [-0.4, -0.2) is 26.3 Å². The molecule has 1 aliphatic carbocycles. The SMILES string of the molecule is CC1CCCC(CCNCC2CCOCC2)C1. The van der Waals surface area contributed by atoms with Gasteiger partial charge in [-0.1, -0.05) is 26.2 Å². The average Bonchev–Trinajstić information content (AvgIpc) is 2.36. The molecular formula is C15H29NO. The third kappa shape index (κ3) is 4.97. The van der Waals surface area contributed by atoms with Gasteiger partial charge in [-0.3, -0.25) is 0 Å². The van der Waals surface area contributed by atoms with Crippen LogP contribution in [0.5, 0.6) is 0 Å². The zero-order chi connectivity index (χ0) is 11.9. The Morgan fingerprint density at radius 1 is 1.06 bits per heavy atom. The van der Waals surface area contributed by atoms with Crippen LogP contribution < -0.4 is 5.32 Å². The lowest BCUT2D eigenvalue weighted by atomic mass is 9.81. The van der Waals surface area contributed by atoms with Crippen molar-refractivity contribution in [2.75, 3.05) is 26.3 Å². The number of hydrogen-bond acceptors (Lipinski definition) is 2. The van der Waals surface area contributed by atoms with Crippen molar-refractivity contribution in [1.82, 2.24) is 5.32 Å². The van der Waals surface area contributed by atoms with Crippen LogP contribution >= 0.6 is 0 Å². The molecule has 0 aromatic carbocycles. The highest BCUT2D eigenvalue weighted by molar-refractivity contribution is 4.72. The number of rotatable bonds is 5. The second-order valence-corrected chi connectivity index (χ2v) is 6.19. The van der Waals surface area contributed by atoms with Crippen LogP contribution in [0.4, 0.5) is 0 Å². The maximum Gasteiger partial charge on any atom is 0.0469 e. The fraction of sp³-hybridized carbons (Fsp3) is 1.00. The van der Waals surface area contributed by atoms with Gasteiger partial charge in [0.05, 0.1) is 0 Å². The molecule has 1 saturated heterocycles. The van der Waals surface area contributed by atoms with Crippen LogP contribution in [0.15, 0.2) is 0 Å². The third-order valence-corrected chi connectivity index (χ3v) is 4.55. The van der Waals surface area contributed by atoms with Gasteiger partial charge < -0.3 is 10.1 Å². The molecule has 1 aliphatic heterocycles. The maximum absolute atomic E-state index is 5.39. The first-order valence-electron chi connectivity index (χ1n) is 7.63. The molecule has 2 fully saturated rings. The Labute approximate surface area is 107 Å². The molecule has 100 valence electrons.